The van der Waals surface area contributed by atoms with Crippen LogP contribution in [0.4, 0.5) is 11.4 Å². The number of benzene rings is 2. The molecule has 2 aromatic rings. The highest BCUT2D eigenvalue weighted by Crippen LogP contribution is 2.44. The van der Waals surface area contributed by atoms with E-state index >= 15 is 0 Å². The Morgan fingerprint density at radius 1 is 1.23 bits per heavy atom. The molecule has 2 aliphatic rings. The van der Waals surface area contributed by atoms with Crippen LogP contribution in [-0.4, -0.2) is 44.2 Å². The van der Waals surface area contributed by atoms with Gasteiger partial charge in [0.1, 0.15) is 11.9 Å². The highest BCUT2D eigenvalue weighted by Gasteiger charge is 2.50. The van der Waals surface area contributed by atoms with Gasteiger partial charge in [-0.05, 0) is 36.4 Å². The third-order valence-electron chi connectivity index (χ3n) is 6.41. The number of hydrogen-bond donors (Lipinski definition) is 2. The van der Waals surface area contributed by atoms with Gasteiger partial charge in [0.2, 0.25) is 5.69 Å². The van der Waals surface area contributed by atoms with Crippen molar-refractivity contribution in [1.82, 2.24) is 10.6 Å². The van der Waals surface area contributed by atoms with E-state index in [9.17, 15) is 4.79 Å². The van der Waals surface area contributed by atoms with Crippen LogP contribution < -0.4 is 20.3 Å². The van der Waals surface area contributed by atoms with E-state index in [2.05, 4.69) is 34.2 Å². The quantitative estimate of drug-likeness (QED) is 0.684. The lowest BCUT2D eigenvalue weighted by atomic mass is 9.64. The standard InChI is InChI=1S/C24H27ClN4O2/c1-24(2)21(15-22(24)31-18-8-9-20(26-3)19(25)14-18)28-23(30)16-4-6-17(7-5-16)29-12-10-27-11-13-29/h4-9,14,21-22,27H,10-13,15H2,1-2H3,(H,28,30)/t21-,22-/m0/s1. The van der Waals surface area contributed by atoms with Crippen LogP contribution in [0.15, 0.2) is 42.5 Å². The van der Waals surface area contributed by atoms with E-state index in [4.69, 9.17) is 22.9 Å². The van der Waals surface area contributed by atoms with Crippen LogP contribution in [0.1, 0.15) is 30.6 Å². The minimum Gasteiger partial charge on any atom is -0.490 e. The fourth-order valence-corrected chi connectivity index (χ4v) is 4.35. The summed E-state index contributed by atoms with van der Waals surface area (Å²) in [6.07, 6.45) is 0.683. The number of carbonyl (C=O) groups excluding carboxylic acids is 1. The molecule has 6 nitrogen and oxygen atoms in total. The van der Waals surface area contributed by atoms with Gasteiger partial charge in [0.05, 0.1) is 11.6 Å². The first-order chi connectivity index (χ1) is 14.9. The highest BCUT2D eigenvalue weighted by atomic mass is 35.5. The molecule has 7 heteroatoms. The number of piperazine rings is 1. The molecule has 0 bridgehead atoms. The van der Waals surface area contributed by atoms with Gasteiger partial charge in [-0.25, -0.2) is 4.85 Å². The molecule has 2 aromatic carbocycles. The second-order valence-electron chi connectivity index (χ2n) is 8.70. The van der Waals surface area contributed by atoms with Crippen molar-refractivity contribution in [2.24, 2.45) is 5.41 Å². The van der Waals surface area contributed by atoms with Crippen molar-refractivity contribution in [3.63, 3.8) is 0 Å². The molecule has 162 valence electrons. The molecule has 1 aliphatic carbocycles. The summed E-state index contributed by atoms with van der Waals surface area (Å²) in [5.41, 5.74) is 2.01. The van der Waals surface area contributed by atoms with Crippen molar-refractivity contribution in [2.75, 3.05) is 31.1 Å². The van der Waals surface area contributed by atoms with Crippen LogP contribution >= 0.6 is 11.6 Å². The monoisotopic (exact) mass is 438 g/mol. The molecule has 2 N–H and O–H groups in total. The van der Waals surface area contributed by atoms with Crippen molar-refractivity contribution in [2.45, 2.75) is 32.4 Å². The second kappa shape index (κ2) is 8.78. The summed E-state index contributed by atoms with van der Waals surface area (Å²) in [6, 6.07) is 13.0. The Hall–Kier alpha value is -2.75. The van der Waals surface area contributed by atoms with Gasteiger partial charge in [-0.1, -0.05) is 31.5 Å². The van der Waals surface area contributed by atoms with Crippen LogP contribution in [0, 0.1) is 12.0 Å². The molecule has 1 heterocycles. The Labute approximate surface area is 188 Å². The number of ether oxygens (including phenoxy) is 1. The number of anilines is 1. The van der Waals surface area contributed by atoms with Gasteiger partial charge in [-0.15, -0.1) is 0 Å². The van der Waals surface area contributed by atoms with Gasteiger partial charge in [-0.2, -0.15) is 0 Å². The summed E-state index contributed by atoms with van der Waals surface area (Å²) in [7, 11) is 0. The third kappa shape index (κ3) is 4.48. The van der Waals surface area contributed by atoms with Gasteiger partial charge in [0.15, 0.2) is 0 Å². The van der Waals surface area contributed by atoms with E-state index < -0.39 is 0 Å². The van der Waals surface area contributed by atoms with Crippen LogP contribution in [0.3, 0.4) is 0 Å². The minimum atomic E-state index is -0.221. The van der Waals surface area contributed by atoms with Gasteiger partial charge < -0.3 is 20.3 Å². The maximum absolute atomic E-state index is 12.8. The number of halogens is 1. The molecule has 0 aromatic heterocycles. The summed E-state index contributed by atoms with van der Waals surface area (Å²) in [5.74, 6) is 0.580. The first-order valence-corrected chi connectivity index (χ1v) is 11.0. The van der Waals surface area contributed by atoms with E-state index in [1.54, 1.807) is 18.2 Å². The van der Waals surface area contributed by atoms with Crippen molar-refractivity contribution in [3.8, 4) is 5.75 Å². The Kier molecular flexibility index (Phi) is 6.08. The maximum Gasteiger partial charge on any atom is 0.251 e. The van der Waals surface area contributed by atoms with Crippen LogP contribution in [-0.2, 0) is 0 Å². The van der Waals surface area contributed by atoms with Crippen molar-refractivity contribution < 1.29 is 9.53 Å². The molecule has 2 fully saturated rings. The van der Waals surface area contributed by atoms with Crippen molar-refractivity contribution in [3.05, 3.63) is 64.5 Å². The van der Waals surface area contributed by atoms with Crippen LogP contribution in [0.2, 0.25) is 5.02 Å². The number of nitrogens with one attached hydrogen (secondary N) is 2. The van der Waals surface area contributed by atoms with Crippen LogP contribution in [0.5, 0.6) is 5.75 Å². The topological polar surface area (TPSA) is 58.0 Å². The zero-order valence-electron chi connectivity index (χ0n) is 17.8. The Bertz CT molecular complexity index is 994. The lowest BCUT2D eigenvalue weighted by Crippen LogP contribution is -2.63. The first-order valence-electron chi connectivity index (χ1n) is 10.6. The van der Waals surface area contributed by atoms with Gasteiger partial charge in [0, 0.05) is 55.3 Å². The minimum absolute atomic E-state index is 0.0239. The summed E-state index contributed by atoms with van der Waals surface area (Å²) in [4.78, 5) is 18.5. The number of amides is 1. The van der Waals surface area contributed by atoms with Crippen molar-refractivity contribution >= 4 is 28.9 Å². The SMILES string of the molecule is [C-]#[N+]c1ccc(O[C@H]2C[C@H](NC(=O)c3ccc(N4CCNCC4)cc3)C2(C)C)cc1Cl. The molecule has 0 unspecified atom stereocenters. The predicted octanol–water partition coefficient (Wildman–Crippen LogP) is 4.28. The van der Waals surface area contributed by atoms with E-state index in [0.717, 1.165) is 38.3 Å². The van der Waals surface area contributed by atoms with E-state index in [-0.39, 0.29) is 23.5 Å². The molecular weight excluding hydrogens is 412 g/mol. The molecule has 4 rings (SSSR count). The predicted molar refractivity (Wildman–Crippen MR) is 123 cm³/mol. The lowest BCUT2D eigenvalue weighted by Gasteiger charge is -2.51. The largest absolute Gasteiger partial charge is 0.490 e. The molecular formula is C24H27ClN4O2. The number of carbonyl (C=O) groups is 1. The summed E-state index contributed by atoms with van der Waals surface area (Å²) in [6.45, 7) is 15.2. The average molecular weight is 439 g/mol. The molecule has 31 heavy (non-hydrogen) atoms. The highest BCUT2D eigenvalue weighted by molar-refractivity contribution is 6.33. The first kappa shape index (κ1) is 21.5. The second-order valence-corrected chi connectivity index (χ2v) is 9.11. The zero-order chi connectivity index (χ0) is 22.0. The molecule has 0 spiro atoms. The zero-order valence-corrected chi connectivity index (χ0v) is 18.6. The average Bonchev–Trinajstić information content (AvgIpc) is 2.79. The fourth-order valence-electron chi connectivity index (χ4n) is 4.13. The summed E-state index contributed by atoms with van der Waals surface area (Å²) < 4.78 is 6.10. The molecule has 2 atom stereocenters. The fraction of sp³-hybridized carbons (Fsp3) is 0.417. The Balaban J connectivity index is 1.34. The number of hydrogen-bond acceptors (Lipinski definition) is 4. The van der Waals surface area contributed by atoms with E-state index in [0.29, 0.717) is 22.0 Å². The Morgan fingerprint density at radius 3 is 2.55 bits per heavy atom. The smallest absolute Gasteiger partial charge is 0.251 e. The lowest BCUT2D eigenvalue weighted by molar-refractivity contribution is -0.0515. The van der Waals surface area contributed by atoms with E-state index in [1.165, 1.54) is 0 Å². The molecule has 1 saturated carbocycles. The number of nitrogens with zero attached hydrogens (tertiary/aromatic N) is 2. The molecule has 0 radical (unpaired) electrons. The summed E-state index contributed by atoms with van der Waals surface area (Å²) >= 11 is 6.11. The maximum atomic E-state index is 12.8. The van der Waals surface area contributed by atoms with Gasteiger partial charge in [-0.3, -0.25) is 4.79 Å². The van der Waals surface area contributed by atoms with Gasteiger partial charge in [0.25, 0.3) is 5.91 Å². The normalized spacial score (nSPS) is 22.2. The van der Waals surface area contributed by atoms with E-state index in [1.807, 2.05) is 24.3 Å². The Morgan fingerprint density at radius 2 is 1.94 bits per heavy atom. The molecule has 1 aliphatic heterocycles. The molecule has 1 saturated heterocycles. The van der Waals surface area contributed by atoms with Crippen LogP contribution in [0.25, 0.3) is 4.85 Å². The van der Waals surface area contributed by atoms with Gasteiger partial charge >= 0.3 is 0 Å². The third-order valence-corrected chi connectivity index (χ3v) is 6.72. The summed E-state index contributed by atoms with van der Waals surface area (Å²) in [5, 5.41) is 6.90. The number of rotatable bonds is 5. The van der Waals surface area contributed by atoms with Crippen molar-refractivity contribution in [1.29, 1.82) is 0 Å². The molecule has 1 amide bonds.